The summed E-state index contributed by atoms with van der Waals surface area (Å²) in [6, 6.07) is 3.41. The van der Waals surface area contributed by atoms with Crippen molar-refractivity contribution in [2.24, 2.45) is 0 Å². The lowest BCUT2D eigenvalue weighted by Crippen LogP contribution is -2.45. The van der Waals surface area contributed by atoms with Crippen LogP contribution in [-0.2, 0) is 6.42 Å². The third-order valence-electron chi connectivity index (χ3n) is 3.61. The van der Waals surface area contributed by atoms with Crippen molar-refractivity contribution in [1.82, 2.24) is 24.4 Å². The molecular weight excluding hydrogens is 242 g/mol. The molecule has 1 saturated heterocycles. The Morgan fingerprint density at radius 2 is 2.00 bits per heavy atom. The molecule has 1 aliphatic heterocycles. The summed E-state index contributed by atoms with van der Waals surface area (Å²) in [5.74, 6) is 1.05. The fraction of sp³-hybridized carbons (Fsp3) is 0.538. The quantitative estimate of drug-likeness (QED) is 0.857. The van der Waals surface area contributed by atoms with Crippen LogP contribution in [0.25, 0.3) is 5.65 Å². The number of aromatic hydroxyl groups is 1. The van der Waals surface area contributed by atoms with Gasteiger partial charge in [-0.05, 0) is 19.2 Å². The Morgan fingerprint density at radius 3 is 2.79 bits per heavy atom. The van der Waals surface area contributed by atoms with Gasteiger partial charge in [0.25, 0.3) is 0 Å². The number of piperazine rings is 1. The van der Waals surface area contributed by atoms with Gasteiger partial charge in [0.05, 0.1) is 6.20 Å². The van der Waals surface area contributed by atoms with Gasteiger partial charge in [0.2, 0.25) is 0 Å². The fourth-order valence-corrected chi connectivity index (χ4v) is 2.35. The van der Waals surface area contributed by atoms with E-state index in [1.165, 1.54) is 0 Å². The smallest absolute Gasteiger partial charge is 0.155 e. The van der Waals surface area contributed by atoms with Gasteiger partial charge in [0.1, 0.15) is 5.75 Å². The minimum atomic E-state index is 0.211. The highest BCUT2D eigenvalue weighted by Crippen LogP contribution is 2.10. The predicted octanol–water partition coefficient (Wildman–Crippen LogP) is 0.225. The summed E-state index contributed by atoms with van der Waals surface area (Å²) in [6.45, 7) is 5.49. The molecule has 1 N–H and O–H groups in total. The standard InChI is InChI=1S/C13H19N5O/c1-16-6-8-17(9-7-16)5-4-12-14-13-3-2-11(19)10-18(13)15-12/h2-3,10,19H,4-9H2,1H3. The molecule has 0 bridgehead atoms. The third kappa shape index (κ3) is 2.85. The number of nitrogens with zero attached hydrogens (tertiary/aromatic N) is 5. The van der Waals surface area contributed by atoms with Crippen LogP contribution in [0.1, 0.15) is 5.82 Å². The van der Waals surface area contributed by atoms with E-state index in [0.29, 0.717) is 0 Å². The van der Waals surface area contributed by atoms with Gasteiger partial charge in [0, 0.05) is 39.1 Å². The van der Waals surface area contributed by atoms with Gasteiger partial charge < -0.3 is 14.9 Å². The van der Waals surface area contributed by atoms with Crippen LogP contribution in [0.15, 0.2) is 18.3 Å². The molecule has 0 spiro atoms. The first-order chi connectivity index (χ1) is 9.20. The zero-order valence-corrected chi connectivity index (χ0v) is 11.2. The minimum absolute atomic E-state index is 0.211. The zero-order valence-electron chi connectivity index (χ0n) is 11.2. The topological polar surface area (TPSA) is 56.9 Å². The number of rotatable bonds is 3. The average molecular weight is 261 g/mol. The largest absolute Gasteiger partial charge is 0.506 e. The van der Waals surface area contributed by atoms with Crippen LogP contribution >= 0.6 is 0 Å². The van der Waals surface area contributed by atoms with Crippen LogP contribution in [0.5, 0.6) is 5.75 Å². The molecule has 0 unspecified atom stereocenters. The molecule has 102 valence electrons. The van der Waals surface area contributed by atoms with Crippen LogP contribution in [-0.4, -0.2) is 69.3 Å². The molecule has 6 heteroatoms. The molecule has 0 aromatic carbocycles. The van der Waals surface area contributed by atoms with E-state index in [1.807, 2.05) is 0 Å². The predicted molar refractivity (Wildman–Crippen MR) is 72.3 cm³/mol. The van der Waals surface area contributed by atoms with Gasteiger partial charge in [-0.2, -0.15) is 5.10 Å². The Hall–Kier alpha value is -1.66. The van der Waals surface area contributed by atoms with E-state index in [2.05, 4.69) is 26.9 Å². The Morgan fingerprint density at radius 1 is 1.21 bits per heavy atom. The maximum absolute atomic E-state index is 9.40. The molecule has 1 fully saturated rings. The molecule has 0 radical (unpaired) electrons. The Balaban J connectivity index is 1.62. The molecule has 19 heavy (non-hydrogen) atoms. The van der Waals surface area contributed by atoms with Crippen LogP contribution in [0.3, 0.4) is 0 Å². The van der Waals surface area contributed by atoms with Crippen molar-refractivity contribution in [3.63, 3.8) is 0 Å². The Kier molecular flexibility index (Phi) is 3.35. The average Bonchev–Trinajstić information content (AvgIpc) is 2.80. The van der Waals surface area contributed by atoms with E-state index in [9.17, 15) is 5.11 Å². The first kappa shape index (κ1) is 12.4. The Labute approximate surface area is 112 Å². The van der Waals surface area contributed by atoms with Crippen molar-refractivity contribution in [2.75, 3.05) is 39.8 Å². The van der Waals surface area contributed by atoms with Gasteiger partial charge in [-0.1, -0.05) is 0 Å². The lowest BCUT2D eigenvalue weighted by molar-refractivity contribution is 0.155. The number of aromatic nitrogens is 3. The summed E-state index contributed by atoms with van der Waals surface area (Å²) in [5.41, 5.74) is 0.783. The lowest BCUT2D eigenvalue weighted by Gasteiger charge is -2.31. The SMILES string of the molecule is CN1CCN(CCc2nc3ccc(O)cn3n2)CC1. The van der Waals surface area contributed by atoms with Gasteiger partial charge in [0.15, 0.2) is 11.5 Å². The highest BCUT2D eigenvalue weighted by molar-refractivity contribution is 5.40. The molecular formula is C13H19N5O. The highest BCUT2D eigenvalue weighted by Gasteiger charge is 2.14. The number of likely N-dealkylation sites (N-methyl/N-ethyl adjacent to an activating group) is 1. The van der Waals surface area contributed by atoms with E-state index in [-0.39, 0.29) is 5.75 Å². The fourth-order valence-electron chi connectivity index (χ4n) is 2.35. The zero-order chi connectivity index (χ0) is 13.2. The van der Waals surface area contributed by atoms with E-state index in [0.717, 1.165) is 50.6 Å². The normalized spacial score (nSPS) is 18.2. The molecule has 0 aliphatic carbocycles. The van der Waals surface area contributed by atoms with Crippen LogP contribution < -0.4 is 0 Å². The molecule has 0 saturated carbocycles. The molecule has 3 heterocycles. The van der Waals surface area contributed by atoms with Gasteiger partial charge in [-0.3, -0.25) is 0 Å². The molecule has 1 aliphatic rings. The second-order valence-electron chi connectivity index (χ2n) is 5.11. The van der Waals surface area contributed by atoms with Crippen molar-refractivity contribution in [3.05, 3.63) is 24.2 Å². The van der Waals surface area contributed by atoms with Crippen LogP contribution in [0.4, 0.5) is 0 Å². The van der Waals surface area contributed by atoms with E-state index in [1.54, 1.807) is 22.8 Å². The first-order valence-corrected chi connectivity index (χ1v) is 6.66. The maximum atomic E-state index is 9.40. The summed E-state index contributed by atoms with van der Waals surface area (Å²) in [6.07, 6.45) is 2.44. The monoisotopic (exact) mass is 261 g/mol. The van der Waals surface area contributed by atoms with Gasteiger partial charge >= 0.3 is 0 Å². The van der Waals surface area contributed by atoms with Crippen LogP contribution in [0, 0.1) is 0 Å². The van der Waals surface area contributed by atoms with Crippen molar-refractivity contribution in [1.29, 1.82) is 0 Å². The summed E-state index contributed by atoms with van der Waals surface area (Å²) in [7, 11) is 2.16. The van der Waals surface area contributed by atoms with E-state index >= 15 is 0 Å². The van der Waals surface area contributed by atoms with E-state index in [4.69, 9.17) is 0 Å². The van der Waals surface area contributed by atoms with Crippen molar-refractivity contribution >= 4 is 5.65 Å². The number of hydrogen-bond donors (Lipinski definition) is 1. The highest BCUT2D eigenvalue weighted by atomic mass is 16.3. The minimum Gasteiger partial charge on any atom is -0.506 e. The van der Waals surface area contributed by atoms with Gasteiger partial charge in [-0.25, -0.2) is 9.50 Å². The summed E-state index contributed by atoms with van der Waals surface area (Å²) >= 11 is 0. The van der Waals surface area contributed by atoms with Crippen molar-refractivity contribution in [2.45, 2.75) is 6.42 Å². The van der Waals surface area contributed by atoms with Crippen LogP contribution in [0.2, 0.25) is 0 Å². The summed E-state index contributed by atoms with van der Waals surface area (Å²) in [5, 5.41) is 13.8. The number of fused-ring (bicyclic) bond motifs is 1. The molecule has 0 amide bonds. The van der Waals surface area contributed by atoms with Crippen molar-refractivity contribution in [3.8, 4) is 5.75 Å². The molecule has 6 nitrogen and oxygen atoms in total. The second-order valence-corrected chi connectivity index (χ2v) is 5.11. The number of hydrogen-bond acceptors (Lipinski definition) is 5. The van der Waals surface area contributed by atoms with Crippen molar-refractivity contribution < 1.29 is 5.11 Å². The summed E-state index contributed by atoms with van der Waals surface area (Å²) < 4.78 is 1.63. The summed E-state index contributed by atoms with van der Waals surface area (Å²) in [4.78, 5) is 9.25. The molecule has 0 atom stereocenters. The Bertz CT molecular complexity index is 559. The lowest BCUT2D eigenvalue weighted by atomic mass is 10.3. The van der Waals surface area contributed by atoms with E-state index < -0.39 is 0 Å². The first-order valence-electron chi connectivity index (χ1n) is 6.66. The molecule has 2 aromatic heterocycles. The third-order valence-corrected chi connectivity index (χ3v) is 3.61. The number of pyridine rings is 1. The molecule has 2 aromatic rings. The van der Waals surface area contributed by atoms with Gasteiger partial charge in [-0.15, -0.1) is 0 Å². The maximum Gasteiger partial charge on any atom is 0.155 e. The second kappa shape index (κ2) is 5.14. The molecule has 3 rings (SSSR count).